The molecule has 2 aromatic rings. The standard InChI is InChI=1S/C19H19NO4S/c1-14-3-9-18(10-4-14)25(22,23)20-12-11-16(21)13-19(20)15-5-7-17(24-2)8-6-15/h3-12,19H,13H2,1-2H3/t19-/m1/s1. The number of hydrogen-bond acceptors (Lipinski definition) is 4. The van der Waals surface area contributed by atoms with E-state index >= 15 is 0 Å². The summed E-state index contributed by atoms with van der Waals surface area (Å²) in [7, 11) is -2.19. The van der Waals surface area contributed by atoms with E-state index in [9.17, 15) is 13.2 Å². The van der Waals surface area contributed by atoms with Crippen molar-refractivity contribution in [2.45, 2.75) is 24.3 Å². The first-order valence-electron chi connectivity index (χ1n) is 7.87. The van der Waals surface area contributed by atoms with Crippen LogP contribution in [0.3, 0.4) is 0 Å². The van der Waals surface area contributed by atoms with Crippen LogP contribution in [0.25, 0.3) is 0 Å². The van der Waals surface area contributed by atoms with Gasteiger partial charge in [-0.2, -0.15) is 0 Å². The van der Waals surface area contributed by atoms with Crippen molar-refractivity contribution in [1.29, 1.82) is 0 Å². The van der Waals surface area contributed by atoms with Crippen molar-refractivity contribution in [2.24, 2.45) is 0 Å². The SMILES string of the molecule is COc1ccc([C@H]2CC(=O)C=CN2S(=O)(=O)c2ccc(C)cc2)cc1. The lowest BCUT2D eigenvalue weighted by Gasteiger charge is -2.32. The number of carbonyl (C=O) groups is 1. The highest BCUT2D eigenvalue weighted by Crippen LogP contribution is 2.34. The van der Waals surface area contributed by atoms with E-state index in [4.69, 9.17) is 4.74 Å². The highest BCUT2D eigenvalue weighted by atomic mass is 32.2. The lowest BCUT2D eigenvalue weighted by atomic mass is 9.99. The van der Waals surface area contributed by atoms with E-state index in [-0.39, 0.29) is 17.1 Å². The van der Waals surface area contributed by atoms with E-state index in [1.54, 1.807) is 55.6 Å². The maximum atomic E-state index is 13.1. The Morgan fingerprint density at radius 1 is 1.04 bits per heavy atom. The zero-order valence-corrected chi connectivity index (χ0v) is 14.9. The Bertz CT molecular complexity index is 899. The first kappa shape index (κ1) is 17.2. The summed E-state index contributed by atoms with van der Waals surface area (Å²) in [4.78, 5) is 12.1. The van der Waals surface area contributed by atoms with Gasteiger partial charge >= 0.3 is 0 Å². The Balaban J connectivity index is 2.02. The number of allylic oxidation sites excluding steroid dienone is 1. The van der Waals surface area contributed by atoms with Crippen molar-refractivity contribution in [3.8, 4) is 5.75 Å². The van der Waals surface area contributed by atoms with Crippen molar-refractivity contribution in [1.82, 2.24) is 4.31 Å². The minimum absolute atomic E-state index is 0.101. The van der Waals surface area contributed by atoms with Crippen LogP contribution in [0.1, 0.15) is 23.6 Å². The van der Waals surface area contributed by atoms with Gasteiger partial charge in [-0.3, -0.25) is 9.10 Å². The Morgan fingerprint density at radius 2 is 1.68 bits per heavy atom. The fraction of sp³-hybridized carbons (Fsp3) is 0.211. The van der Waals surface area contributed by atoms with E-state index in [1.165, 1.54) is 16.6 Å². The number of ketones is 1. The van der Waals surface area contributed by atoms with Crippen LogP contribution in [0.5, 0.6) is 5.75 Å². The average molecular weight is 357 g/mol. The molecule has 0 saturated heterocycles. The van der Waals surface area contributed by atoms with Crippen LogP contribution in [0, 0.1) is 6.92 Å². The number of methoxy groups -OCH3 is 1. The predicted octanol–water partition coefficient (Wildman–Crippen LogP) is 3.22. The summed E-state index contributed by atoms with van der Waals surface area (Å²) >= 11 is 0. The largest absolute Gasteiger partial charge is 0.497 e. The van der Waals surface area contributed by atoms with Gasteiger partial charge in [-0.05, 0) is 42.8 Å². The highest BCUT2D eigenvalue weighted by molar-refractivity contribution is 7.89. The minimum Gasteiger partial charge on any atom is -0.497 e. The summed E-state index contributed by atoms with van der Waals surface area (Å²) in [6, 6.07) is 13.2. The van der Waals surface area contributed by atoms with Gasteiger partial charge in [-0.25, -0.2) is 8.42 Å². The Kier molecular flexibility index (Phi) is 4.63. The van der Waals surface area contributed by atoms with Gasteiger partial charge in [-0.1, -0.05) is 29.8 Å². The molecule has 2 aromatic carbocycles. The van der Waals surface area contributed by atoms with Crippen molar-refractivity contribution >= 4 is 15.8 Å². The number of hydrogen-bond donors (Lipinski definition) is 0. The van der Waals surface area contributed by atoms with Crippen LogP contribution in [0.2, 0.25) is 0 Å². The summed E-state index contributed by atoms with van der Waals surface area (Å²) in [5.41, 5.74) is 1.73. The molecule has 0 aromatic heterocycles. The normalized spacial score (nSPS) is 17.6. The fourth-order valence-corrected chi connectivity index (χ4v) is 4.26. The second-order valence-corrected chi connectivity index (χ2v) is 7.77. The molecule has 0 bridgehead atoms. The van der Waals surface area contributed by atoms with Crippen molar-refractivity contribution in [2.75, 3.05) is 7.11 Å². The maximum absolute atomic E-state index is 13.1. The molecule has 5 nitrogen and oxygen atoms in total. The molecule has 0 spiro atoms. The maximum Gasteiger partial charge on any atom is 0.264 e. The lowest BCUT2D eigenvalue weighted by molar-refractivity contribution is -0.115. The first-order chi connectivity index (χ1) is 11.9. The van der Waals surface area contributed by atoms with E-state index in [2.05, 4.69) is 0 Å². The third-order valence-corrected chi connectivity index (χ3v) is 6.01. The number of sulfonamides is 1. The first-order valence-corrected chi connectivity index (χ1v) is 9.31. The van der Waals surface area contributed by atoms with Crippen LogP contribution >= 0.6 is 0 Å². The van der Waals surface area contributed by atoms with Crippen LogP contribution in [-0.4, -0.2) is 25.6 Å². The quantitative estimate of drug-likeness (QED) is 0.843. The number of aryl methyl sites for hydroxylation is 1. The van der Waals surface area contributed by atoms with Crippen molar-refractivity contribution in [3.05, 3.63) is 71.9 Å². The third kappa shape index (κ3) is 3.44. The number of ether oxygens (including phenoxy) is 1. The average Bonchev–Trinajstić information content (AvgIpc) is 2.62. The Hall–Kier alpha value is -2.60. The molecule has 0 amide bonds. The zero-order valence-electron chi connectivity index (χ0n) is 14.0. The van der Waals surface area contributed by atoms with Crippen molar-refractivity contribution < 1.29 is 17.9 Å². The Morgan fingerprint density at radius 3 is 2.28 bits per heavy atom. The molecule has 25 heavy (non-hydrogen) atoms. The summed E-state index contributed by atoms with van der Waals surface area (Å²) in [5, 5.41) is 0. The van der Waals surface area contributed by atoms with Gasteiger partial charge in [0.1, 0.15) is 5.75 Å². The van der Waals surface area contributed by atoms with Crippen LogP contribution in [0.4, 0.5) is 0 Å². The smallest absolute Gasteiger partial charge is 0.264 e. The van der Waals surface area contributed by atoms with Gasteiger partial charge < -0.3 is 4.74 Å². The molecule has 0 aliphatic carbocycles. The monoisotopic (exact) mass is 357 g/mol. The molecule has 1 heterocycles. The fourth-order valence-electron chi connectivity index (χ4n) is 2.78. The molecule has 1 atom stereocenters. The summed E-state index contributed by atoms with van der Waals surface area (Å²) in [5.74, 6) is 0.575. The van der Waals surface area contributed by atoms with Gasteiger partial charge in [0.15, 0.2) is 5.78 Å². The van der Waals surface area contributed by atoms with Gasteiger partial charge in [-0.15, -0.1) is 0 Å². The van der Waals surface area contributed by atoms with Gasteiger partial charge in [0, 0.05) is 12.6 Å². The molecular formula is C19H19NO4S. The number of nitrogens with zero attached hydrogens (tertiary/aromatic N) is 1. The molecule has 0 N–H and O–H groups in total. The Labute approximate surface area is 147 Å². The van der Waals surface area contributed by atoms with E-state index < -0.39 is 16.1 Å². The lowest BCUT2D eigenvalue weighted by Crippen LogP contribution is -2.34. The molecular weight excluding hydrogens is 338 g/mol. The molecule has 0 saturated carbocycles. The summed E-state index contributed by atoms with van der Waals surface area (Å²) in [6.07, 6.45) is 2.77. The van der Waals surface area contributed by atoms with E-state index in [0.29, 0.717) is 5.75 Å². The highest BCUT2D eigenvalue weighted by Gasteiger charge is 2.33. The molecule has 130 valence electrons. The molecule has 0 radical (unpaired) electrons. The number of rotatable bonds is 4. The molecule has 0 unspecified atom stereocenters. The van der Waals surface area contributed by atoms with E-state index in [1.807, 2.05) is 6.92 Å². The predicted molar refractivity (Wildman–Crippen MR) is 94.7 cm³/mol. The number of carbonyl (C=O) groups excluding carboxylic acids is 1. The molecule has 1 aliphatic rings. The van der Waals surface area contributed by atoms with Crippen LogP contribution in [-0.2, 0) is 14.8 Å². The van der Waals surface area contributed by atoms with E-state index in [0.717, 1.165) is 11.1 Å². The summed E-state index contributed by atoms with van der Waals surface area (Å²) in [6.45, 7) is 1.90. The van der Waals surface area contributed by atoms with Gasteiger partial charge in [0.2, 0.25) is 0 Å². The van der Waals surface area contributed by atoms with Crippen LogP contribution < -0.4 is 4.74 Å². The third-order valence-electron chi connectivity index (χ3n) is 4.21. The molecule has 0 fully saturated rings. The minimum atomic E-state index is -3.75. The van der Waals surface area contributed by atoms with Gasteiger partial charge in [0.05, 0.1) is 18.0 Å². The van der Waals surface area contributed by atoms with Gasteiger partial charge in [0.25, 0.3) is 10.0 Å². The second-order valence-electron chi connectivity index (χ2n) is 5.92. The second kappa shape index (κ2) is 6.72. The molecule has 1 aliphatic heterocycles. The molecule has 3 rings (SSSR count). The number of benzene rings is 2. The topological polar surface area (TPSA) is 63.7 Å². The molecule has 6 heteroatoms. The summed E-state index contributed by atoms with van der Waals surface area (Å²) < 4.78 is 32.5. The van der Waals surface area contributed by atoms with Crippen molar-refractivity contribution in [3.63, 3.8) is 0 Å². The van der Waals surface area contributed by atoms with Crippen LogP contribution in [0.15, 0.2) is 65.7 Å². The zero-order chi connectivity index (χ0) is 18.0.